The number of carbonyl (C=O) groups is 2. The van der Waals surface area contributed by atoms with Crippen molar-refractivity contribution in [3.63, 3.8) is 0 Å². The molecule has 1 unspecified atom stereocenters. The van der Waals surface area contributed by atoms with Gasteiger partial charge in [-0.25, -0.2) is 0 Å². The Balaban J connectivity index is 1.49. The fraction of sp³-hybridized carbons (Fsp3) is 0.391. The van der Waals surface area contributed by atoms with Crippen LogP contribution < -0.4 is 15.8 Å². The molecule has 10 heteroatoms. The second-order valence-corrected chi connectivity index (χ2v) is 10.1. The number of aromatic nitrogens is 3. The highest BCUT2D eigenvalue weighted by Crippen LogP contribution is 2.39. The molecule has 1 aromatic carbocycles. The van der Waals surface area contributed by atoms with E-state index in [-0.39, 0.29) is 11.7 Å². The number of carbonyl (C=O) groups excluding carboxylic acids is 2. The van der Waals surface area contributed by atoms with Gasteiger partial charge in [0.15, 0.2) is 11.0 Å². The number of hydrogen-bond donors (Lipinski definition) is 2. The van der Waals surface area contributed by atoms with Gasteiger partial charge in [0.05, 0.1) is 24.0 Å². The van der Waals surface area contributed by atoms with Crippen LogP contribution in [0.3, 0.4) is 0 Å². The van der Waals surface area contributed by atoms with Crippen LogP contribution in [-0.4, -0.2) is 39.4 Å². The van der Waals surface area contributed by atoms with Gasteiger partial charge in [-0.3, -0.25) is 9.59 Å². The van der Waals surface area contributed by atoms with Gasteiger partial charge >= 0.3 is 0 Å². The number of anilines is 1. The molecule has 1 aliphatic rings. The Morgan fingerprint density at radius 2 is 2.12 bits per heavy atom. The molecule has 1 atom stereocenters. The molecule has 8 nitrogen and oxygen atoms in total. The summed E-state index contributed by atoms with van der Waals surface area (Å²) in [7, 11) is 1.62. The van der Waals surface area contributed by atoms with E-state index in [1.807, 2.05) is 35.8 Å². The maximum atomic E-state index is 12.8. The molecular weight excluding hydrogens is 458 g/mol. The van der Waals surface area contributed by atoms with E-state index >= 15 is 0 Å². The zero-order valence-corrected chi connectivity index (χ0v) is 20.5. The number of thioether (sulfide) groups is 1. The standard InChI is InChI=1S/C23H27N5O3S2/c1-4-28-21(14-7-5-6-8-16(14)31-3)26-27-23(28)32-12-18(29)25-22-19(20(24)30)15-10-9-13(2)11-17(15)33-22/h5-8,13H,4,9-12H2,1-3H3,(H2,24,30)(H,25,29). The van der Waals surface area contributed by atoms with Gasteiger partial charge in [0, 0.05) is 11.4 Å². The number of nitrogens with zero attached hydrogens (tertiary/aromatic N) is 3. The van der Waals surface area contributed by atoms with Crippen molar-refractivity contribution in [2.75, 3.05) is 18.2 Å². The molecule has 0 spiro atoms. The lowest BCUT2D eigenvalue weighted by atomic mass is 9.88. The van der Waals surface area contributed by atoms with Gasteiger partial charge < -0.3 is 20.4 Å². The van der Waals surface area contributed by atoms with E-state index in [0.29, 0.717) is 39.8 Å². The van der Waals surface area contributed by atoms with Gasteiger partial charge in [-0.05, 0) is 49.8 Å². The molecular formula is C23H27N5O3S2. The second-order valence-electron chi connectivity index (χ2n) is 8.01. The zero-order chi connectivity index (χ0) is 23.5. The lowest BCUT2D eigenvalue weighted by Gasteiger charge is -2.18. The van der Waals surface area contributed by atoms with Crippen molar-refractivity contribution in [2.45, 2.75) is 44.8 Å². The summed E-state index contributed by atoms with van der Waals surface area (Å²) < 4.78 is 7.41. The number of nitrogens with one attached hydrogen (secondary N) is 1. The van der Waals surface area contributed by atoms with E-state index in [2.05, 4.69) is 22.4 Å². The molecule has 174 valence electrons. The SMILES string of the molecule is CCn1c(SCC(=O)Nc2sc3c(c2C(N)=O)CCC(C)C3)nnc1-c1ccccc1OC. The van der Waals surface area contributed by atoms with Crippen molar-refractivity contribution in [3.8, 4) is 17.1 Å². The van der Waals surface area contributed by atoms with Gasteiger partial charge in [-0.1, -0.05) is 30.8 Å². The summed E-state index contributed by atoms with van der Waals surface area (Å²) in [6, 6.07) is 7.63. The number of methoxy groups -OCH3 is 1. The molecule has 1 aliphatic carbocycles. The summed E-state index contributed by atoms with van der Waals surface area (Å²) in [5, 5.41) is 12.7. The first-order valence-corrected chi connectivity index (χ1v) is 12.7. The molecule has 0 saturated heterocycles. The van der Waals surface area contributed by atoms with Crippen molar-refractivity contribution >= 4 is 39.9 Å². The molecule has 0 radical (unpaired) electrons. The maximum absolute atomic E-state index is 12.8. The third-order valence-corrected chi connectivity index (χ3v) is 7.86. The lowest BCUT2D eigenvalue weighted by Crippen LogP contribution is -2.20. The predicted octanol–water partition coefficient (Wildman–Crippen LogP) is 3.99. The molecule has 4 rings (SSSR count). The minimum atomic E-state index is -0.489. The van der Waals surface area contributed by atoms with Crippen LogP contribution in [0.1, 0.15) is 41.1 Å². The van der Waals surface area contributed by atoms with Crippen LogP contribution in [0.25, 0.3) is 11.4 Å². The molecule has 2 amide bonds. The quantitative estimate of drug-likeness (QED) is 0.467. The smallest absolute Gasteiger partial charge is 0.251 e. The van der Waals surface area contributed by atoms with Crippen LogP contribution in [0.15, 0.2) is 29.4 Å². The van der Waals surface area contributed by atoms with Crippen LogP contribution in [0.4, 0.5) is 5.00 Å². The number of hydrogen-bond acceptors (Lipinski definition) is 7. The van der Waals surface area contributed by atoms with E-state index in [1.54, 1.807) is 7.11 Å². The van der Waals surface area contributed by atoms with Crippen molar-refractivity contribution in [1.29, 1.82) is 0 Å². The number of nitrogens with two attached hydrogens (primary N) is 1. The first kappa shape index (κ1) is 23.3. The van der Waals surface area contributed by atoms with Gasteiger partial charge in [0.1, 0.15) is 10.8 Å². The minimum absolute atomic E-state index is 0.140. The molecule has 2 aromatic heterocycles. The summed E-state index contributed by atoms with van der Waals surface area (Å²) in [6.07, 6.45) is 2.76. The molecule has 33 heavy (non-hydrogen) atoms. The Kier molecular flexibility index (Phi) is 7.04. The topological polar surface area (TPSA) is 112 Å². The Labute approximate surface area is 200 Å². The number of benzene rings is 1. The van der Waals surface area contributed by atoms with Crippen LogP contribution in [0, 0.1) is 5.92 Å². The third kappa shape index (κ3) is 4.77. The summed E-state index contributed by atoms with van der Waals surface area (Å²) in [5.41, 5.74) is 7.97. The number of thiophene rings is 1. The predicted molar refractivity (Wildman–Crippen MR) is 131 cm³/mol. The highest BCUT2D eigenvalue weighted by Gasteiger charge is 2.27. The van der Waals surface area contributed by atoms with Crippen molar-refractivity contribution in [1.82, 2.24) is 14.8 Å². The molecule has 3 aromatic rings. The fourth-order valence-electron chi connectivity index (χ4n) is 4.10. The highest BCUT2D eigenvalue weighted by atomic mass is 32.2. The van der Waals surface area contributed by atoms with Crippen molar-refractivity contribution in [3.05, 3.63) is 40.3 Å². The number of ether oxygens (including phenoxy) is 1. The van der Waals surface area contributed by atoms with Crippen LogP contribution in [0.5, 0.6) is 5.75 Å². The highest BCUT2D eigenvalue weighted by molar-refractivity contribution is 7.99. The summed E-state index contributed by atoms with van der Waals surface area (Å²) in [6.45, 7) is 4.85. The Morgan fingerprint density at radius 1 is 1.33 bits per heavy atom. The maximum Gasteiger partial charge on any atom is 0.251 e. The van der Waals surface area contributed by atoms with E-state index in [1.165, 1.54) is 23.1 Å². The molecule has 2 heterocycles. The second kappa shape index (κ2) is 9.96. The average Bonchev–Trinajstić information content (AvgIpc) is 3.37. The first-order valence-electron chi connectivity index (χ1n) is 10.9. The minimum Gasteiger partial charge on any atom is -0.496 e. The molecule has 0 bridgehead atoms. The first-order chi connectivity index (χ1) is 15.9. The Hall–Kier alpha value is -2.85. The van der Waals surface area contributed by atoms with Gasteiger partial charge in [-0.2, -0.15) is 0 Å². The zero-order valence-electron chi connectivity index (χ0n) is 18.9. The van der Waals surface area contributed by atoms with Crippen molar-refractivity contribution in [2.24, 2.45) is 11.7 Å². The van der Waals surface area contributed by atoms with E-state index < -0.39 is 5.91 Å². The van der Waals surface area contributed by atoms with E-state index in [4.69, 9.17) is 10.5 Å². The summed E-state index contributed by atoms with van der Waals surface area (Å²) >= 11 is 2.77. The van der Waals surface area contributed by atoms with Crippen LogP contribution >= 0.6 is 23.1 Å². The number of rotatable bonds is 8. The van der Waals surface area contributed by atoms with Gasteiger partial charge in [0.25, 0.3) is 5.91 Å². The number of para-hydroxylation sites is 1. The number of primary amides is 1. The normalized spacial score (nSPS) is 15.2. The van der Waals surface area contributed by atoms with Gasteiger partial charge in [0.2, 0.25) is 5.91 Å². The largest absolute Gasteiger partial charge is 0.496 e. The average molecular weight is 486 g/mol. The summed E-state index contributed by atoms with van der Waals surface area (Å²) in [4.78, 5) is 26.0. The Morgan fingerprint density at radius 3 is 2.85 bits per heavy atom. The third-order valence-electron chi connectivity index (χ3n) is 5.72. The molecule has 0 aliphatic heterocycles. The van der Waals surface area contributed by atoms with Crippen molar-refractivity contribution < 1.29 is 14.3 Å². The summed E-state index contributed by atoms with van der Waals surface area (Å²) in [5.74, 6) is 1.41. The van der Waals surface area contributed by atoms with Crippen LogP contribution in [-0.2, 0) is 24.2 Å². The Bertz CT molecular complexity index is 1190. The van der Waals surface area contributed by atoms with E-state index in [9.17, 15) is 9.59 Å². The lowest BCUT2D eigenvalue weighted by molar-refractivity contribution is -0.113. The van der Waals surface area contributed by atoms with Gasteiger partial charge in [-0.15, -0.1) is 21.5 Å². The molecule has 0 saturated carbocycles. The molecule has 3 N–H and O–H groups in total. The fourth-order valence-corrected chi connectivity index (χ4v) is 6.34. The molecule has 0 fully saturated rings. The monoisotopic (exact) mass is 485 g/mol. The van der Waals surface area contributed by atoms with Crippen LogP contribution in [0.2, 0.25) is 0 Å². The number of amides is 2. The van der Waals surface area contributed by atoms with E-state index in [0.717, 1.165) is 35.3 Å². The number of fused-ring (bicyclic) bond motifs is 1.